The van der Waals surface area contributed by atoms with E-state index in [4.69, 9.17) is 0 Å². The minimum absolute atomic E-state index is 0.0213. The summed E-state index contributed by atoms with van der Waals surface area (Å²) in [4.78, 5) is 16.7. The summed E-state index contributed by atoms with van der Waals surface area (Å²) in [5, 5.41) is 25.8. The molecular formula is C13H12N6O2. The predicted octanol–water partition coefficient (Wildman–Crippen LogP) is 2.38. The van der Waals surface area contributed by atoms with E-state index in [1.54, 1.807) is 6.92 Å². The molecule has 106 valence electrons. The summed E-state index contributed by atoms with van der Waals surface area (Å²) in [6.45, 7) is 3.46. The van der Waals surface area contributed by atoms with Crippen molar-refractivity contribution >= 4 is 22.5 Å². The number of fused-ring (bicyclic) bond motifs is 1. The van der Waals surface area contributed by atoms with E-state index in [1.807, 2.05) is 25.1 Å². The van der Waals surface area contributed by atoms with Crippen molar-refractivity contribution in [1.82, 2.24) is 20.2 Å². The average Bonchev–Trinajstić information content (AvgIpc) is 2.78. The fraction of sp³-hybridized carbons (Fsp3) is 0.154. The zero-order valence-corrected chi connectivity index (χ0v) is 11.4. The maximum absolute atomic E-state index is 11.4. The number of nitrogens with zero attached hydrogens (tertiary/aromatic N) is 4. The Morgan fingerprint density at radius 1 is 1.14 bits per heavy atom. The molecule has 0 spiro atoms. The predicted molar refractivity (Wildman–Crippen MR) is 76.3 cm³/mol. The van der Waals surface area contributed by atoms with Gasteiger partial charge < -0.3 is 10.1 Å². The van der Waals surface area contributed by atoms with Crippen molar-refractivity contribution in [3.63, 3.8) is 0 Å². The van der Waals surface area contributed by atoms with Gasteiger partial charge in [-0.3, -0.25) is 9.78 Å². The van der Waals surface area contributed by atoms with Gasteiger partial charge in [0.05, 0.1) is 5.52 Å². The van der Waals surface area contributed by atoms with E-state index in [9.17, 15) is 9.90 Å². The summed E-state index contributed by atoms with van der Waals surface area (Å²) in [6, 6.07) is 5.59. The number of aromatic nitrogens is 4. The molecule has 8 heteroatoms. The van der Waals surface area contributed by atoms with Crippen molar-refractivity contribution < 1.29 is 5.11 Å². The summed E-state index contributed by atoms with van der Waals surface area (Å²) in [6.07, 6.45) is 0. The number of benzene rings is 1. The zero-order chi connectivity index (χ0) is 15.0. The standard InChI is InChI=1S/C13H12N6O2/c1-6-4-3-5-8-9(6)14-12(21)10(8)17-19-13-15-11(20)7(2)16-18-13/h3-5,14,21H,1-2H3,(H,15,18,20). The fourth-order valence-electron chi connectivity index (χ4n) is 1.96. The molecule has 0 bridgehead atoms. The number of hydrogen-bond acceptors (Lipinski definition) is 6. The van der Waals surface area contributed by atoms with E-state index in [0.717, 1.165) is 16.5 Å². The van der Waals surface area contributed by atoms with Gasteiger partial charge in [0.1, 0.15) is 5.69 Å². The van der Waals surface area contributed by atoms with Crippen LogP contribution in [0.2, 0.25) is 0 Å². The molecule has 2 aromatic heterocycles. The lowest BCUT2D eigenvalue weighted by Crippen LogP contribution is -2.12. The molecule has 0 amide bonds. The molecule has 1 aromatic carbocycles. The normalized spacial score (nSPS) is 11.5. The maximum Gasteiger partial charge on any atom is 0.274 e. The van der Waals surface area contributed by atoms with Gasteiger partial charge in [0.15, 0.2) is 5.69 Å². The van der Waals surface area contributed by atoms with Gasteiger partial charge in [0.2, 0.25) is 5.88 Å². The third-order valence-corrected chi connectivity index (χ3v) is 3.09. The lowest BCUT2D eigenvalue weighted by atomic mass is 10.1. The molecule has 0 fully saturated rings. The van der Waals surface area contributed by atoms with Gasteiger partial charge in [-0.25, -0.2) is 0 Å². The van der Waals surface area contributed by atoms with Crippen LogP contribution in [0.4, 0.5) is 11.6 Å². The number of H-pyrrole nitrogens is 2. The Kier molecular flexibility index (Phi) is 2.98. The molecule has 0 radical (unpaired) electrons. The van der Waals surface area contributed by atoms with Crippen LogP contribution in [-0.4, -0.2) is 25.3 Å². The summed E-state index contributed by atoms with van der Waals surface area (Å²) in [5.74, 6) is -0.113. The first-order valence-corrected chi connectivity index (χ1v) is 6.22. The highest BCUT2D eigenvalue weighted by molar-refractivity contribution is 5.95. The second-order valence-electron chi connectivity index (χ2n) is 4.58. The van der Waals surface area contributed by atoms with Crippen LogP contribution in [0.25, 0.3) is 10.9 Å². The number of para-hydroxylation sites is 1. The topological polar surface area (TPSA) is 119 Å². The van der Waals surface area contributed by atoms with Crippen molar-refractivity contribution in [2.75, 3.05) is 0 Å². The molecule has 0 aliphatic heterocycles. The van der Waals surface area contributed by atoms with E-state index in [1.165, 1.54) is 0 Å². The minimum atomic E-state index is -0.377. The molecule has 3 N–H and O–H groups in total. The number of rotatable bonds is 2. The molecule has 8 nitrogen and oxygen atoms in total. The second kappa shape index (κ2) is 4.82. The van der Waals surface area contributed by atoms with Gasteiger partial charge in [0, 0.05) is 5.39 Å². The van der Waals surface area contributed by atoms with Crippen molar-refractivity contribution in [3.05, 3.63) is 39.8 Å². The van der Waals surface area contributed by atoms with Gasteiger partial charge in [0.25, 0.3) is 11.5 Å². The van der Waals surface area contributed by atoms with Crippen molar-refractivity contribution in [2.45, 2.75) is 13.8 Å². The Labute approximate surface area is 118 Å². The monoisotopic (exact) mass is 284 g/mol. The number of azo groups is 1. The van der Waals surface area contributed by atoms with Crippen LogP contribution >= 0.6 is 0 Å². The highest BCUT2D eigenvalue weighted by atomic mass is 16.3. The molecule has 0 saturated carbocycles. The summed E-state index contributed by atoms with van der Waals surface area (Å²) >= 11 is 0. The van der Waals surface area contributed by atoms with Crippen molar-refractivity contribution in [2.24, 2.45) is 10.2 Å². The third-order valence-electron chi connectivity index (χ3n) is 3.09. The van der Waals surface area contributed by atoms with E-state index < -0.39 is 0 Å². The fourth-order valence-corrected chi connectivity index (χ4v) is 1.96. The van der Waals surface area contributed by atoms with Gasteiger partial charge in [-0.2, -0.15) is 0 Å². The smallest absolute Gasteiger partial charge is 0.274 e. The third kappa shape index (κ3) is 2.27. The van der Waals surface area contributed by atoms with Crippen LogP contribution in [0.1, 0.15) is 11.3 Å². The van der Waals surface area contributed by atoms with E-state index in [-0.39, 0.29) is 28.8 Å². The van der Waals surface area contributed by atoms with E-state index >= 15 is 0 Å². The van der Waals surface area contributed by atoms with Crippen LogP contribution in [-0.2, 0) is 0 Å². The van der Waals surface area contributed by atoms with Gasteiger partial charge in [-0.1, -0.05) is 18.2 Å². The minimum Gasteiger partial charge on any atom is -0.493 e. The van der Waals surface area contributed by atoms with Crippen LogP contribution in [0, 0.1) is 13.8 Å². The van der Waals surface area contributed by atoms with Gasteiger partial charge in [-0.15, -0.1) is 20.4 Å². The number of aryl methyl sites for hydroxylation is 2. The van der Waals surface area contributed by atoms with Crippen molar-refractivity contribution in [3.8, 4) is 5.88 Å². The lowest BCUT2D eigenvalue weighted by Gasteiger charge is -1.94. The number of aromatic hydroxyl groups is 1. The molecule has 3 rings (SSSR count). The highest BCUT2D eigenvalue weighted by Gasteiger charge is 2.11. The Morgan fingerprint density at radius 2 is 1.95 bits per heavy atom. The lowest BCUT2D eigenvalue weighted by molar-refractivity contribution is 0.459. The zero-order valence-electron chi connectivity index (χ0n) is 11.4. The van der Waals surface area contributed by atoms with E-state index in [2.05, 4.69) is 30.4 Å². The summed E-state index contributed by atoms with van der Waals surface area (Å²) in [5.41, 5.74) is 1.93. The molecular weight excluding hydrogens is 272 g/mol. The van der Waals surface area contributed by atoms with Gasteiger partial charge in [-0.05, 0) is 19.4 Å². The highest BCUT2D eigenvalue weighted by Crippen LogP contribution is 2.36. The Bertz CT molecular complexity index is 909. The van der Waals surface area contributed by atoms with Crippen LogP contribution in [0.15, 0.2) is 33.2 Å². The summed E-state index contributed by atoms with van der Waals surface area (Å²) in [7, 11) is 0. The first-order chi connectivity index (χ1) is 10.1. The van der Waals surface area contributed by atoms with E-state index in [0.29, 0.717) is 0 Å². The van der Waals surface area contributed by atoms with Crippen molar-refractivity contribution in [1.29, 1.82) is 0 Å². The number of hydrogen-bond donors (Lipinski definition) is 3. The molecule has 0 aliphatic carbocycles. The first-order valence-electron chi connectivity index (χ1n) is 6.22. The Balaban J connectivity index is 2.07. The molecule has 2 heterocycles. The van der Waals surface area contributed by atoms with Crippen LogP contribution < -0.4 is 5.56 Å². The molecule has 21 heavy (non-hydrogen) atoms. The largest absolute Gasteiger partial charge is 0.493 e. The molecule has 0 unspecified atom stereocenters. The number of nitrogens with one attached hydrogen (secondary N) is 2. The van der Waals surface area contributed by atoms with Crippen LogP contribution in [0.5, 0.6) is 5.88 Å². The Hall–Kier alpha value is -3.03. The summed E-state index contributed by atoms with van der Waals surface area (Å²) < 4.78 is 0. The SMILES string of the molecule is Cc1nnc(N=Nc2c(O)[nH]c3c(C)cccc23)[nH]c1=O. The quantitative estimate of drug-likeness (QED) is 0.626. The molecule has 0 saturated heterocycles. The van der Waals surface area contributed by atoms with Gasteiger partial charge >= 0.3 is 0 Å². The number of aromatic amines is 2. The second-order valence-corrected chi connectivity index (χ2v) is 4.58. The maximum atomic E-state index is 11.4. The average molecular weight is 284 g/mol. The molecule has 3 aromatic rings. The van der Waals surface area contributed by atoms with Crippen LogP contribution in [0.3, 0.4) is 0 Å². The molecule has 0 atom stereocenters. The first kappa shape index (κ1) is 13.0. The Morgan fingerprint density at radius 3 is 2.71 bits per heavy atom. The molecule has 0 aliphatic rings.